The molecule has 0 amide bonds. The minimum absolute atomic E-state index is 0.0321. The van der Waals surface area contributed by atoms with Crippen LogP contribution in [0.4, 0.5) is 0 Å². The number of benzene rings is 2. The van der Waals surface area contributed by atoms with Crippen LogP contribution >= 0.6 is 0 Å². The Morgan fingerprint density at radius 3 is 1.97 bits per heavy atom. The van der Waals surface area contributed by atoms with Gasteiger partial charge in [-0.1, -0.05) is 101 Å². The molecule has 2 aromatic rings. The highest BCUT2D eigenvalue weighted by atomic mass is 16.5. The lowest BCUT2D eigenvalue weighted by Crippen LogP contribution is -2.02. The van der Waals surface area contributed by atoms with Crippen LogP contribution in [0.15, 0.2) is 48.5 Å². The Balaban J connectivity index is 1.59. The van der Waals surface area contributed by atoms with Crippen molar-refractivity contribution in [2.45, 2.75) is 77.6 Å². The van der Waals surface area contributed by atoms with Gasteiger partial charge in [-0.2, -0.15) is 0 Å². The van der Waals surface area contributed by atoms with Crippen LogP contribution in [0.25, 0.3) is 0 Å². The number of hydrogen-bond acceptors (Lipinski definition) is 3. The van der Waals surface area contributed by atoms with Crippen molar-refractivity contribution in [3.8, 4) is 11.5 Å². The smallest absolute Gasteiger partial charge is 0.196 e. The number of ketones is 1. The van der Waals surface area contributed by atoms with Gasteiger partial charge < -0.3 is 9.84 Å². The molecule has 2 rings (SSSR count). The second-order valence-electron chi connectivity index (χ2n) is 7.76. The summed E-state index contributed by atoms with van der Waals surface area (Å²) in [6.45, 7) is 2.90. The molecule has 0 aliphatic heterocycles. The molecule has 0 saturated heterocycles. The number of phenolic OH excluding ortho intramolecular Hbond substituents is 1. The maximum Gasteiger partial charge on any atom is 0.196 e. The lowest BCUT2D eigenvalue weighted by molar-refractivity contribution is 0.103. The molecule has 29 heavy (non-hydrogen) atoms. The number of hydrogen-bond donors (Lipinski definition) is 1. The number of carbonyl (C=O) groups is 1. The molecule has 0 aliphatic rings. The van der Waals surface area contributed by atoms with Gasteiger partial charge in [0.25, 0.3) is 0 Å². The summed E-state index contributed by atoms with van der Waals surface area (Å²) in [5.41, 5.74) is 0.871. The number of aromatic hydroxyl groups is 1. The molecule has 3 heteroatoms. The van der Waals surface area contributed by atoms with Gasteiger partial charge >= 0.3 is 0 Å². The monoisotopic (exact) mass is 396 g/mol. The van der Waals surface area contributed by atoms with Crippen molar-refractivity contribution in [3.63, 3.8) is 0 Å². The summed E-state index contributed by atoms with van der Waals surface area (Å²) >= 11 is 0. The lowest BCUT2D eigenvalue weighted by atomic mass is 10.0. The van der Waals surface area contributed by atoms with Gasteiger partial charge in [0.1, 0.15) is 11.5 Å². The summed E-state index contributed by atoms with van der Waals surface area (Å²) in [6, 6.07) is 13.9. The normalized spacial score (nSPS) is 10.8. The number of rotatable bonds is 15. The van der Waals surface area contributed by atoms with Crippen molar-refractivity contribution in [2.24, 2.45) is 0 Å². The molecule has 1 N–H and O–H groups in total. The number of carbonyl (C=O) groups excluding carboxylic acids is 1. The first-order valence-electron chi connectivity index (χ1n) is 11.3. The first-order chi connectivity index (χ1) is 14.2. The fourth-order valence-corrected chi connectivity index (χ4v) is 3.49. The summed E-state index contributed by atoms with van der Waals surface area (Å²) in [7, 11) is 0. The molecule has 0 bridgehead atoms. The van der Waals surface area contributed by atoms with E-state index in [2.05, 4.69) is 6.92 Å². The summed E-state index contributed by atoms with van der Waals surface area (Å²) < 4.78 is 5.74. The zero-order valence-corrected chi connectivity index (χ0v) is 17.9. The molecule has 0 heterocycles. The topological polar surface area (TPSA) is 46.5 Å². The van der Waals surface area contributed by atoms with Gasteiger partial charge in [0.05, 0.1) is 12.2 Å². The molecule has 0 aliphatic carbocycles. The third kappa shape index (κ3) is 8.72. The first-order valence-corrected chi connectivity index (χ1v) is 11.3. The van der Waals surface area contributed by atoms with E-state index >= 15 is 0 Å². The molecule has 2 aromatic carbocycles. The van der Waals surface area contributed by atoms with Crippen LogP contribution in [0.1, 0.15) is 93.5 Å². The Morgan fingerprint density at radius 2 is 1.38 bits per heavy atom. The van der Waals surface area contributed by atoms with Crippen molar-refractivity contribution < 1.29 is 14.6 Å². The maximum atomic E-state index is 12.5. The summed E-state index contributed by atoms with van der Waals surface area (Å²) in [5, 5.41) is 10.2. The van der Waals surface area contributed by atoms with Gasteiger partial charge in [0, 0.05) is 11.6 Å². The lowest BCUT2D eigenvalue weighted by Gasteiger charge is -2.09. The van der Waals surface area contributed by atoms with Gasteiger partial charge in [-0.15, -0.1) is 0 Å². The predicted molar refractivity (Wildman–Crippen MR) is 120 cm³/mol. The van der Waals surface area contributed by atoms with Gasteiger partial charge in [-0.25, -0.2) is 0 Å². The van der Waals surface area contributed by atoms with Gasteiger partial charge in [0.15, 0.2) is 5.78 Å². The first kappa shape index (κ1) is 23.0. The molecule has 0 aromatic heterocycles. The Hall–Kier alpha value is -2.29. The second-order valence-corrected chi connectivity index (χ2v) is 7.76. The van der Waals surface area contributed by atoms with Gasteiger partial charge in [0.2, 0.25) is 0 Å². The number of ether oxygens (including phenoxy) is 1. The maximum absolute atomic E-state index is 12.5. The van der Waals surface area contributed by atoms with Crippen molar-refractivity contribution in [1.29, 1.82) is 0 Å². The van der Waals surface area contributed by atoms with E-state index in [-0.39, 0.29) is 11.5 Å². The molecule has 0 spiro atoms. The second kappa shape index (κ2) is 13.8. The van der Waals surface area contributed by atoms with E-state index in [4.69, 9.17) is 4.74 Å². The molecule has 0 saturated carbocycles. The molecule has 158 valence electrons. The number of unbranched alkanes of at least 4 members (excludes halogenated alkanes) is 10. The van der Waals surface area contributed by atoms with Crippen molar-refractivity contribution in [3.05, 3.63) is 59.7 Å². The minimum Gasteiger partial charge on any atom is -0.507 e. The van der Waals surface area contributed by atoms with Crippen molar-refractivity contribution in [2.75, 3.05) is 6.61 Å². The number of phenols is 1. The molecular formula is C26H36O3. The largest absolute Gasteiger partial charge is 0.507 e. The minimum atomic E-state index is -0.181. The SMILES string of the molecule is CCCCCCCCCCCCCOc1ccc(C(=O)c2ccccc2)c(O)c1. The third-order valence-electron chi connectivity index (χ3n) is 5.27. The van der Waals surface area contributed by atoms with E-state index in [0.717, 1.165) is 6.42 Å². The molecule has 0 unspecified atom stereocenters. The summed E-state index contributed by atoms with van der Waals surface area (Å²) in [6.07, 6.45) is 14.3. The molecule has 0 fully saturated rings. The zero-order valence-electron chi connectivity index (χ0n) is 17.9. The fraction of sp³-hybridized carbons (Fsp3) is 0.500. The van der Waals surface area contributed by atoms with E-state index in [1.54, 1.807) is 24.3 Å². The summed E-state index contributed by atoms with van der Waals surface area (Å²) in [4.78, 5) is 12.5. The highest BCUT2D eigenvalue weighted by molar-refractivity contribution is 6.10. The van der Waals surface area contributed by atoms with Crippen LogP contribution in [0.3, 0.4) is 0 Å². The highest BCUT2D eigenvalue weighted by Crippen LogP contribution is 2.26. The Labute approximate surface area is 176 Å². The van der Waals surface area contributed by atoms with E-state index in [1.807, 2.05) is 18.2 Å². The predicted octanol–water partition coefficient (Wildman–Crippen LogP) is 7.31. The van der Waals surface area contributed by atoms with E-state index in [9.17, 15) is 9.90 Å². The van der Waals surface area contributed by atoms with Crippen LogP contribution in [0, 0.1) is 0 Å². The van der Waals surface area contributed by atoms with Crippen molar-refractivity contribution >= 4 is 5.78 Å². The van der Waals surface area contributed by atoms with Crippen LogP contribution in [0.2, 0.25) is 0 Å². The molecular weight excluding hydrogens is 360 g/mol. The van der Waals surface area contributed by atoms with Crippen LogP contribution in [0.5, 0.6) is 11.5 Å². The van der Waals surface area contributed by atoms with E-state index in [1.165, 1.54) is 70.3 Å². The van der Waals surface area contributed by atoms with Gasteiger partial charge in [-0.3, -0.25) is 4.79 Å². The molecule has 0 radical (unpaired) electrons. The average molecular weight is 397 g/mol. The quantitative estimate of drug-likeness (QED) is 0.253. The van der Waals surface area contributed by atoms with E-state index < -0.39 is 0 Å². The third-order valence-corrected chi connectivity index (χ3v) is 5.27. The Morgan fingerprint density at radius 1 is 0.793 bits per heavy atom. The highest BCUT2D eigenvalue weighted by Gasteiger charge is 2.13. The zero-order chi connectivity index (χ0) is 20.7. The van der Waals surface area contributed by atoms with Crippen molar-refractivity contribution in [1.82, 2.24) is 0 Å². The molecule has 0 atom stereocenters. The van der Waals surface area contributed by atoms with E-state index in [0.29, 0.717) is 23.5 Å². The summed E-state index contributed by atoms with van der Waals surface area (Å²) in [5.74, 6) is 0.398. The van der Waals surface area contributed by atoms with Gasteiger partial charge in [-0.05, 0) is 18.6 Å². The van der Waals surface area contributed by atoms with Crippen LogP contribution < -0.4 is 4.74 Å². The Kier molecular flexibility index (Phi) is 11.0. The van der Waals surface area contributed by atoms with Crippen LogP contribution in [-0.2, 0) is 0 Å². The van der Waals surface area contributed by atoms with Crippen LogP contribution in [-0.4, -0.2) is 17.5 Å². The Bertz CT molecular complexity index is 709. The molecule has 3 nitrogen and oxygen atoms in total. The average Bonchev–Trinajstić information content (AvgIpc) is 2.75. The standard InChI is InChI=1S/C26H36O3/c1-2-3-4-5-6-7-8-9-10-11-15-20-29-23-18-19-24(25(27)21-23)26(28)22-16-13-12-14-17-22/h12-14,16-19,21,27H,2-11,15,20H2,1H3. The fourth-order valence-electron chi connectivity index (χ4n) is 3.49.